The fourth-order valence-electron chi connectivity index (χ4n) is 4.10. The summed E-state index contributed by atoms with van der Waals surface area (Å²) in [5.74, 6) is 0.522. The van der Waals surface area contributed by atoms with Crippen molar-refractivity contribution in [2.75, 3.05) is 25.5 Å². The van der Waals surface area contributed by atoms with Gasteiger partial charge in [-0.05, 0) is 43.6 Å². The molecule has 0 saturated carbocycles. The van der Waals surface area contributed by atoms with E-state index >= 15 is 0 Å². The summed E-state index contributed by atoms with van der Waals surface area (Å²) in [6, 6.07) is 9.26. The highest BCUT2D eigenvalue weighted by Gasteiger charge is 2.30. The molecule has 3 heterocycles. The van der Waals surface area contributed by atoms with Crippen molar-refractivity contribution in [1.82, 2.24) is 15.3 Å². The average molecular weight is 471 g/mol. The topological polar surface area (TPSA) is 164 Å². The number of azo groups is 1. The second-order valence-electron chi connectivity index (χ2n) is 7.62. The minimum atomic E-state index is -4.10. The standard InChI is InChI=1S/C20H22N8O2S2/c21-20-26-14-3-1-2-13(17(14)27-20)12-4-5-15(31-11-6-8-23-9-7-11)18(32(22,29)30)16(12)19-24-10-25-28-19/h1-5,11,23H,6-10H2,(H3,21,26,27)(H2,22,29,30). The largest absolute Gasteiger partial charge is 0.369 e. The first-order chi connectivity index (χ1) is 15.4. The Hall–Kier alpha value is -2.80. The number of H-pyrrole nitrogens is 1. The maximum atomic E-state index is 12.9. The van der Waals surface area contributed by atoms with Crippen molar-refractivity contribution in [3.8, 4) is 11.1 Å². The van der Waals surface area contributed by atoms with Crippen molar-refractivity contribution in [3.05, 3.63) is 35.9 Å². The number of nitrogen functional groups attached to an aromatic ring is 1. The molecule has 0 spiro atoms. The number of rotatable bonds is 5. The Morgan fingerprint density at radius 1 is 1.09 bits per heavy atom. The van der Waals surface area contributed by atoms with E-state index in [9.17, 15) is 8.42 Å². The lowest BCUT2D eigenvalue weighted by molar-refractivity contribution is 0.531. The average Bonchev–Trinajstić information content (AvgIpc) is 3.42. The molecule has 32 heavy (non-hydrogen) atoms. The number of nitrogens with one attached hydrogen (secondary N) is 2. The first-order valence-corrected chi connectivity index (χ1v) is 12.6. The summed E-state index contributed by atoms with van der Waals surface area (Å²) in [5.41, 5.74) is 8.91. The van der Waals surface area contributed by atoms with Crippen LogP contribution in [0, 0.1) is 0 Å². The summed E-state index contributed by atoms with van der Waals surface area (Å²) >= 11 is 1.53. The zero-order valence-electron chi connectivity index (χ0n) is 17.1. The van der Waals surface area contributed by atoms with Crippen LogP contribution in [0.1, 0.15) is 18.4 Å². The van der Waals surface area contributed by atoms with Gasteiger partial charge in [-0.3, -0.25) is 0 Å². The number of fused-ring (bicyclic) bond motifs is 1. The number of amidine groups is 1. The van der Waals surface area contributed by atoms with Gasteiger partial charge in [0.05, 0.1) is 11.0 Å². The van der Waals surface area contributed by atoms with Crippen molar-refractivity contribution < 1.29 is 8.42 Å². The van der Waals surface area contributed by atoms with E-state index in [1.165, 1.54) is 11.8 Å². The van der Waals surface area contributed by atoms with Gasteiger partial charge in [-0.2, -0.15) is 5.11 Å². The van der Waals surface area contributed by atoms with Crippen molar-refractivity contribution in [3.63, 3.8) is 0 Å². The number of benzene rings is 2. The van der Waals surface area contributed by atoms with Gasteiger partial charge >= 0.3 is 0 Å². The molecule has 0 aliphatic carbocycles. The number of hydrogen-bond donors (Lipinski definition) is 4. The summed E-state index contributed by atoms with van der Waals surface area (Å²) in [5, 5.41) is 17.5. The zero-order chi connectivity index (χ0) is 22.3. The van der Waals surface area contributed by atoms with Gasteiger partial charge < -0.3 is 16.0 Å². The van der Waals surface area contributed by atoms with E-state index in [0.29, 0.717) is 27.1 Å². The smallest absolute Gasteiger partial charge is 0.239 e. The minimum absolute atomic E-state index is 0.0265. The molecule has 1 fully saturated rings. The summed E-state index contributed by atoms with van der Waals surface area (Å²) in [6.45, 7) is 1.94. The summed E-state index contributed by atoms with van der Waals surface area (Å²) in [7, 11) is -4.10. The van der Waals surface area contributed by atoms with E-state index in [4.69, 9.17) is 10.9 Å². The molecule has 2 aliphatic rings. The Morgan fingerprint density at radius 3 is 2.62 bits per heavy atom. The number of sulfonamides is 1. The van der Waals surface area contributed by atoms with Gasteiger partial charge in [-0.1, -0.05) is 18.2 Å². The van der Waals surface area contributed by atoms with Crippen molar-refractivity contribution in [2.45, 2.75) is 27.9 Å². The number of piperidine rings is 1. The van der Waals surface area contributed by atoms with Crippen LogP contribution >= 0.6 is 11.8 Å². The molecule has 5 rings (SSSR count). The molecule has 0 amide bonds. The molecule has 1 saturated heterocycles. The van der Waals surface area contributed by atoms with Crippen LogP contribution in [0.4, 0.5) is 5.95 Å². The van der Waals surface area contributed by atoms with E-state index in [1.807, 2.05) is 30.3 Å². The molecule has 2 aromatic carbocycles. The third-order valence-corrected chi connectivity index (χ3v) is 8.00. The molecule has 0 bridgehead atoms. The summed E-state index contributed by atoms with van der Waals surface area (Å²) in [6.07, 6.45) is 1.89. The number of primary sulfonamides is 1. The summed E-state index contributed by atoms with van der Waals surface area (Å²) < 4.78 is 25.8. The minimum Gasteiger partial charge on any atom is -0.369 e. The van der Waals surface area contributed by atoms with Crippen LogP contribution < -0.4 is 16.2 Å². The van der Waals surface area contributed by atoms with Gasteiger partial charge in [-0.15, -0.1) is 16.9 Å². The number of hydrogen-bond acceptors (Lipinski definition) is 9. The first-order valence-electron chi connectivity index (χ1n) is 10.2. The molecular weight excluding hydrogens is 448 g/mol. The maximum Gasteiger partial charge on any atom is 0.239 e. The van der Waals surface area contributed by atoms with Crippen LogP contribution in [0.5, 0.6) is 0 Å². The fraction of sp³-hybridized carbons (Fsp3) is 0.300. The molecule has 3 aromatic rings. The number of para-hydroxylation sites is 1. The molecule has 0 atom stereocenters. The normalized spacial score (nSPS) is 17.2. The maximum absolute atomic E-state index is 12.9. The lowest BCUT2D eigenvalue weighted by Gasteiger charge is -2.24. The van der Waals surface area contributed by atoms with Gasteiger partial charge in [-0.25, -0.2) is 23.5 Å². The molecule has 2 aliphatic heterocycles. The highest BCUT2D eigenvalue weighted by Crippen LogP contribution is 2.41. The predicted octanol–water partition coefficient (Wildman–Crippen LogP) is 2.47. The van der Waals surface area contributed by atoms with Gasteiger partial charge in [0, 0.05) is 21.3 Å². The molecule has 0 unspecified atom stereocenters. The highest BCUT2D eigenvalue weighted by molar-refractivity contribution is 8.00. The fourth-order valence-corrected chi connectivity index (χ4v) is 6.62. The Bertz CT molecular complexity index is 1360. The summed E-state index contributed by atoms with van der Waals surface area (Å²) in [4.78, 5) is 12.4. The molecule has 1 aromatic heterocycles. The second-order valence-corrected chi connectivity index (χ2v) is 10.5. The molecule has 0 radical (unpaired) electrons. The van der Waals surface area contributed by atoms with Gasteiger partial charge in [0.2, 0.25) is 10.0 Å². The lowest BCUT2D eigenvalue weighted by atomic mass is 9.97. The van der Waals surface area contributed by atoms with Crippen LogP contribution in [0.3, 0.4) is 0 Å². The number of anilines is 1. The number of aromatic nitrogens is 2. The zero-order valence-corrected chi connectivity index (χ0v) is 18.7. The monoisotopic (exact) mass is 470 g/mol. The lowest BCUT2D eigenvalue weighted by Crippen LogP contribution is -2.29. The quantitative estimate of drug-likeness (QED) is 0.447. The number of thioether (sulfide) groups is 1. The van der Waals surface area contributed by atoms with E-state index in [2.05, 4.69) is 30.5 Å². The Labute approximate surface area is 189 Å². The SMILES string of the molecule is Nc1nc2c(-c3ccc(SC4CCNCC4)c(S(N)(=O)=O)c3C3=NCN=N3)cccc2[nH]1. The Kier molecular flexibility index (Phi) is 5.45. The van der Waals surface area contributed by atoms with E-state index in [0.717, 1.165) is 31.4 Å². The van der Waals surface area contributed by atoms with Crippen LogP contribution in [0.2, 0.25) is 0 Å². The molecule has 166 valence electrons. The third kappa shape index (κ3) is 3.90. The molecule has 10 nitrogen and oxygen atoms in total. The van der Waals surface area contributed by atoms with Gasteiger partial charge in [0.1, 0.15) is 4.90 Å². The van der Waals surface area contributed by atoms with Crippen LogP contribution in [0.25, 0.3) is 22.2 Å². The van der Waals surface area contributed by atoms with Gasteiger partial charge in [0.15, 0.2) is 18.5 Å². The predicted molar refractivity (Wildman–Crippen MR) is 125 cm³/mol. The molecule has 12 heteroatoms. The Morgan fingerprint density at radius 2 is 1.91 bits per heavy atom. The number of imidazole rings is 1. The molecular formula is C20H22N8O2S2. The van der Waals surface area contributed by atoms with Crippen LogP contribution in [-0.4, -0.2) is 49.2 Å². The van der Waals surface area contributed by atoms with Crippen LogP contribution in [0.15, 0.2) is 55.3 Å². The van der Waals surface area contributed by atoms with Crippen molar-refractivity contribution >= 4 is 44.6 Å². The third-order valence-electron chi connectivity index (χ3n) is 5.48. The molecule has 6 N–H and O–H groups in total. The number of nitrogens with zero attached hydrogens (tertiary/aromatic N) is 4. The number of nitrogens with two attached hydrogens (primary N) is 2. The van der Waals surface area contributed by atoms with Gasteiger partial charge in [0.25, 0.3) is 0 Å². The van der Waals surface area contributed by atoms with E-state index in [1.54, 1.807) is 0 Å². The number of aromatic amines is 1. The number of aliphatic imine (C=N–C) groups is 1. The van der Waals surface area contributed by atoms with E-state index < -0.39 is 10.0 Å². The van der Waals surface area contributed by atoms with Crippen LogP contribution in [-0.2, 0) is 10.0 Å². The Balaban J connectivity index is 1.77. The first kappa shape index (κ1) is 21.1. The highest BCUT2D eigenvalue weighted by atomic mass is 32.2. The second kappa shape index (κ2) is 8.28. The van der Waals surface area contributed by atoms with E-state index in [-0.39, 0.29) is 28.6 Å². The van der Waals surface area contributed by atoms with Crippen molar-refractivity contribution in [2.24, 2.45) is 20.4 Å². The van der Waals surface area contributed by atoms with Crippen molar-refractivity contribution in [1.29, 1.82) is 0 Å².